The summed E-state index contributed by atoms with van der Waals surface area (Å²) in [6.45, 7) is 0.595. The first-order chi connectivity index (χ1) is 8.91. The zero-order valence-electron chi connectivity index (χ0n) is 10.3. The van der Waals surface area contributed by atoms with Gasteiger partial charge < -0.3 is 0 Å². The van der Waals surface area contributed by atoms with Crippen molar-refractivity contribution in [3.05, 3.63) is 44.2 Å². The molecule has 1 heterocycles. The van der Waals surface area contributed by atoms with Gasteiger partial charge >= 0.3 is 0 Å². The molecule has 102 valence electrons. The van der Waals surface area contributed by atoms with Gasteiger partial charge in [-0.25, -0.2) is 12.7 Å². The minimum absolute atomic E-state index is 0.187. The lowest BCUT2D eigenvalue weighted by Gasteiger charge is -2.19. The van der Waals surface area contributed by atoms with Crippen LogP contribution in [0.5, 0.6) is 0 Å². The van der Waals surface area contributed by atoms with Crippen molar-refractivity contribution in [3.8, 4) is 0 Å². The molecule has 0 saturated heterocycles. The maximum Gasteiger partial charge on any atom is 0.211 e. The fourth-order valence-corrected chi connectivity index (χ4v) is 3.41. The van der Waals surface area contributed by atoms with Crippen LogP contribution in [0.4, 0.5) is 0 Å². The average Bonchev–Trinajstić information content (AvgIpc) is 2.49. The van der Waals surface area contributed by atoms with E-state index in [1.807, 2.05) is 18.2 Å². The third-order valence-electron chi connectivity index (χ3n) is 3.13. The number of halogens is 1. The van der Waals surface area contributed by atoms with E-state index in [2.05, 4.69) is 26.0 Å². The van der Waals surface area contributed by atoms with E-state index in [1.54, 1.807) is 0 Å². The fourth-order valence-electron chi connectivity index (χ4n) is 2.19. The molecule has 1 aliphatic rings. The molecule has 8 heteroatoms. The minimum atomic E-state index is -3.29. The van der Waals surface area contributed by atoms with Crippen LogP contribution < -0.4 is 0 Å². The molecule has 1 atom stereocenters. The van der Waals surface area contributed by atoms with E-state index in [4.69, 9.17) is 5.53 Å². The highest BCUT2D eigenvalue weighted by Gasteiger charge is 2.27. The van der Waals surface area contributed by atoms with Crippen LogP contribution in [0.15, 0.2) is 27.8 Å². The Hall–Kier alpha value is -1.08. The second-order valence-electron chi connectivity index (χ2n) is 4.43. The standard InChI is InChI=1S/C11H13BrN4O2S/c1-19(17,18)16-5-4-8-2-3-9(12)6-10(8)11(7-16)14-15-13/h2-3,6,11H,4-5,7H2,1H3. The van der Waals surface area contributed by atoms with E-state index in [1.165, 1.54) is 10.6 Å². The monoisotopic (exact) mass is 344 g/mol. The largest absolute Gasteiger partial charge is 0.213 e. The quantitative estimate of drug-likeness (QED) is 0.469. The van der Waals surface area contributed by atoms with Crippen molar-refractivity contribution in [2.24, 2.45) is 5.11 Å². The molecule has 1 aromatic carbocycles. The van der Waals surface area contributed by atoms with Crippen molar-refractivity contribution in [3.63, 3.8) is 0 Å². The lowest BCUT2D eigenvalue weighted by molar-refractivity contribution is 0.404. The number of hydrogen-bond acceptors (Lipinski definition) is 3. The highest BCUT2D eigenvalue weighted by molar-refractivity contribution is 9.10. The molecule has 0 aliphatic carbocycles. The third-order valence-corrected chi connectivity index (χ3v) is 4.90. The Bertz CT molecular complexity index is 640. The van der Waals surface area contributed by atoms with Gasteiger partial charge in [0.1, 0.15) is 0 Å². The summed E-state index contributed by atoms with van der Waals surface area (Å²) in [6.07, 6.45) is 1.79. The second kappa shape index (κ2) is 5.50. The molecule has 0 aromatic heterocycles. The molecule has 0 bridgehead atoms. The van der Waals surface area contributed by atoms with Crippen LogP contribution in [0.3, 0.4) is 0 Å². The zero-order valence-corrected chi connectivity index (χ0v) is 12.7. The molecule has 0 amide bonds. The number of azide groups is 1. The number of benzene rings is 1. The van der Waals surface area contributed by atoms with Gasteiger partial charge in [-0.2, -0.15) is 0 Å². The third kappa shape index (κ3) is 3.27. The molecular formula is C11H13BrN4O2S. The molecule has 0 spiro atoms. The highest BCUT2D eigenvalue weighted by Crippen LogP contribution is 2.30. The summed E-state index contributed by atoms with van der Waals surface area (Å²) in [6, 6.07) is 5.24. The maximum absolute atomic E-state index is 11.7. The summed E-state index contributed by atoms with van der Waals surface area (Å²) < 4.78 is 25.6. The Morgan fingerprint density at radius 3 is 2.89 bits per heavy atom. The summed E-state index contributed by atoms with van der Waals surface area (Å²) in [5.74, 6) is 0. The lowest BCUT2D eigenvalue weighted by atomic mass is 10.0. The van der Waals surface area contributed by atoms with Crippen molar-refractivity contribution >= 4 is 26.0 Å². The van der Waals surface area contributed by atoms with Crippen molar-refractivity contribution in [1.82, 2.24) is 4.31 Å². The van der Waals surface area contributed by atoms with Crippen LogP contribution in [0.1, 0.15) is 17.2 Å². The van der Waals surface area contributed by atoms with E-state index in [-0.39, 0.29) is 6.54 Å². The van der Waals surface area contributed by atoms with Gasteiger partial charge in [0, 0.05) is 22.5 Å². The normalized spacial score (nSPS) is 20.2. The van der Waals surface area contributed by atoms with Crippen LogP contribution in [0.2, 0.25) is 0 Å². The molecule has 0 radical (unpaired) electrons. The smallest absolute Gasteiger partial charge is 0.211 e. The van der Waals surface area contributed by atoms with E-state index >= 15 is 0 Å². The van der Waals surface area contributed by atoms with Gasteiger partial charge in [-0.05, 0) is 35.2 Å². The Labute approximate surface area is 120 Å². The lowest BCUT2D eigenvalue weighted by Crippen LogP contribution is -2.33. The van der Waals surface area contributed by atoms with Gasteiger partial charge in [0.2, 0.25) is 10.0 Å². The van der Waals surface area contributed by atoms with E-state index in [9.17, 15) is 8.42 Å². The first-order valence-electron chi connectivity index (χ1n) is 5.69. The van der Waals surface area contributed by atoms with Gasteiger partial charge in [0.15, 0.2) is 0 Å². The molecule has 2 rings (SSSR count). The molecule has 1 unspecified atom stereocenters. The van der Waals surface area contributed by atoms with Crippen LogP contribution in [-0.4, -0.2) is 32.1 Å². The van der Waals surface area contributed by atoms with Crippen LogP contribution in [0.25, 0.3) is 10.4 Å². The average molecular weight is 345 g/mol. The van der Waals surface area contributed by atoms with Gasteiger partial charge in [-0.15, -0.1) is 0 Å². The van der Waals surface area contributed by atoms with Crippen molar-refractivity contribution in [1.29, 1.82) is 0 Å². The minimum Gasteiger partial charge on any atom is -0.213 e. The number of rotatable bonds is 2. The van der Waals surface area contributed by atoms with Crippen molar-refractivity contribution in [2.45, 2.75) is 12.5 Å². The molecular weight excluding hydrogens is 332 g/mol. The molecule has 19 heavy (non-hydrogen) atoms. The predicted molar refractivity (Wildman–Crippen MR) is 76.1 cm³/mol. The molecule has 0 saturated carbocycles. The predicted octanol–water partition coefficient (Wildman–Crippen LogP) is 2.62. The SMILES string of the molecule is CS(=O)(=O)N1CCc2ccc(Br)cc2C(N=[N+]=[N-])C1. The Balaban J connectivity index is 2.47. The molecule has 0 N–H and O–H groups in total. The van der Waals surface area contributed by atoms with Gasteiger partial charge in [-0.1, -0.05) is 27.1 Å². The van der Waals surface area contributed by atoms with Crippen LogP contribution in [-0.2, 0) is 16.4 Å². The van der Waals surface area contributed by atoms with Gasteiger partial charge in [0.05, 0.1) is 12.3 Å². The van der Waals surface area contributed by atoms with Crippen LogP contribution in [0, 0.1) is 0 Å². The molecule has 1 aliphatic heterocycles. The summed E-state index contributed by atoms with van der Waals surface area (Å²) in [5.41, 5.74) is 10.6. The van der Waals surface area contributed by atoms with E-state index in [0.29, 0.717) is 13.0 Å². The first kappa shape index (κ1) is 14.3. The van der Waals surface area contributed by atoms with Gasteiger partial charge in [-0.3, -0.25) is 0 Å². The Morgan fingerprint density at radius 1 is 1.53 bits per heavy atom. The highest BCUT2D eigenvalue weighted by atomic mass is 79.9. The Morgan fingerprint density at radius 2 is 2.26 bits per heavy atom. The topological polar surface area (TPSA) is 86.1 Å². The van der Waals surface area contributed by atoms with E-state index in [0.717, 1.165) is 15.6 Å². The molecule has 0 fully saturated rings. The number of sulfonamides is 1. The van der Waals surface area contributed by atoms with Crippen LogP contribution >= 0.6 is 15.9 Å². The van der Waals surface area contributed by atoms with Gasteiger partial charge in [0.25, 0.3) is 0 Å². The number of nitrogens with zero attached hydrogens (tertiary/aromatic N) is 4. The molecule has 1 aromatic rings. The Kier molecular flexibility index (Phi) is 4.15. The van der Waals surface area contributed by atoms with E-state index < -0.39 is 16.1 Å². The second-order valence-corrected chi connectivity index (χ2v) is 7.33. The first-order valence-corrected chi connectivity index (χ1v) is 8.33. The van der Waals surface area contributed by atoms with Crippen molar-refractivity contribution in [2.75, 3.05) is 19.3 Å². The summed E-state index contributed by atoms with van der Waals surface area (Å²) in [7, 11) is -3.29. The number of fused-ring (bicyclic) bond motifs is 1. The summed E-state index contributed by atoms with van der Waals surface area (Å²) in [4.78, 5) is 2.83. The zero-order chi connectivity index (χ0) is 14.0. The maximum atomic E-state index is 11.7. The van der Waals surface area contributed by atoms with Crippen molar-refractivity contribution < 1.29 is 8.42 Å². The summed E-state index contributed by atoms with van der Waals surface area (Å²) >= 11 is 3.38. The summed E-state index contributed by atoms with van der Waals surface area (Å²) in [5, 5.41) is 3.74. The fraction of sp³-hybridized carbons (Fsp3) is 0.455. The molecule has 6 nitrogen and oxygen atoms in total. The number of hydrogen-bond donors (Lipinski definition) is 0.